The lowest BCUT2D eigenvalue weighted by molar-refractivity contribution is -0.121. The van der Waals surface area contributed by atoms with Gasteiger partial charge < -0.3 is 25.3 Å². The van der Waals surface area contributed by atoms with Crippen LogP contribution in [0.4, 0.5) is 10.5 Å². The van der Waals surface area contributed by atoms with Gasteiger partial charge in [-0.1, -0.05) is 66.7 Å². The van der Waals surface area contributed by atoms with Crippen LogP contribution in [0.2, 0.25) is 0 Å². The zero-order chi connectivity index (χ0) is 31.6. The molecule has 2 amide bonds. The number of methoxy groups -OCH3 is 1. The van der Waals surface area contributed by atoms with E-state index >= 15 is 0 Å². The van der Waals surface area contributed by atoms with Gasteiger partial charge in [0.1, 0.15) is 17.7 Å². The van der Waals surface area contributed by atoms with Gasteiger partial charge in [-0.05, 0) is 71.0 Å². The molecule has 0 spiro atoms. The Morgan fingerprint density at radius 2 is 1.51 bits per heavy atom. The average molecular weight is 626 g/mol. The first-order chi connectivity index (χ1) is 23.0. The number of alkyl carbamates (subject to hydrolysis) is 1. The van der Waals surface area contributed by atoms with Crippen molar-refractivity contribution < 1.29 is 14.3 Å². The number of para-hydroxylation sites is 1. The maximum Gasteiger partial charge on any atom is 0.407 e. The first-order valence-electron chi connectivity index (χ1n) is 16.4. The predicted molar refractivity (Wildman–Crippen MR) is 177 cm³/mol. The molecule has 5 heterocycles. The summed E-state index contributed by atoms with van der Waals surface area (Å²) in [5.41, 5.74) is 9.48. The summed E-state index contributed by atoms with van der Waals surface area (Å²) in [5.74, 6) is 3.19. The normalized spacial score (nSPS) is 24.1. The van der Waals surface area contributed by atoms with Crippen molar-refractivity contribution in [3.05, 3.63) is 102 Å². The van der Waals surface area contributed by atoms with Crippen molar-refractivity contribution in [3.8, 4) is 33.6 Å². The van der Waals surface area contributed by atoms with Crippen LogP contribution in [-0.2, 0) is 22.4 Å². The minimum Gasteiger partial charge on any atom is -0.453 e. The molecule has 10 heteroatoms. The molecule has 9 rings (SSSR count). The molecule has 5 aromatic rings. The maximum atomic E-state index is 13.8. The molecule has 3 aliphatic heterocycles. The topological polar surface area (TPSA) is 128 Å². The van der Waals surface area contributed by atoms with Gasteiger partial charge in [-0.15, -0.1) is 0 Å². The fourth-order valence-electron chi connectivity index (χ4n) is 7.81. The van der Waals surface area contributed by atoms with Crippen LogP contribution in [0.1, 0.15) is 47.7 Å². The van der Waals surface area contributed by atoms with Crippen LogP contribution < -0.4 is 15.5 Å². The Morgan fingerprint density at radius 3 is 2.15 bits per heavy atom. The number of H-pyrrole nitrogens is 2. The van der Waals surface area contributed by atoms with E-state index in [1.165, 1.54) is 13.5 Å². The van der Waals surface area contributed by atoms with Gasteiger partial charge in [0.15, 0.2) is 0 Å². The molecule has 2 fully saturated rings. The Labute approximate surface area is 272 Å². The number of fused-ring (bicyclic) bond motifs is 1. The fourth-order valence-corrected chi connectivity index (χ4v) is 7.81. The molecule has 0 radical (unpaired) electrons. The van der Waals surface area contributed by atoms with Gasteiger partial charge in [-0.25, -0.2) is 14.8 Å². The second kappa shape index (κ2) is 10.9. The van der Waals surface area contributed by atoms with Crippen molar-refractivity contribution in [1.29, 1.82) is 0 Å². The van der Waals surface area contributed by atoms with E-state index in [4.69, 9.17) is 9.72 Å². The number of rotatable bonds is 6. The molecule has 236 valence electrons. The monoisotopic (exact) mass is 625 g/mol. The standard InChI is InChI=1S/C37H35N7O3/c1-47-37(46)43-28-14-13-24-3-2-4-25-16-31(44(33(24)25)36(28)45)34-39-18-29(41-34)22-9-5-20(6-10-22)21-7-11-23(12-8-21)30-19-40-35(42-30)32-27-15-26(27)17-38-32/h2-12,18-19,26-28,31-32,38H,13-17H2,1H3,(H,39,41)(H,40,42)(H,43,46)/t26?,27?,28-,31-,32-/m0/s1. The van der Waals surface area contributed by atoms with E-state index in [1.54, 1.807) is 0 Å². The zero-order valence-electron chi connectivity index (χ0n) is 26.0. The second-order valence-corrected chi connectivity index (χ2v) is 13.1. The third-order valence-electron chi connectivity index (χ3n) is 10.4. The number of benzene rings is 3. The van der Waals surface area contributed by atoms with Gasteiger partial charge >= 0.3 is 6.09 Å². The van der Waals surface area contributed by atoms with Crippen LogP contribution in [0, 0.1) is 11.8 Å². The van der Waals surface area contributed by atoms with Crippen molar-refractivity contribution in [2.45, 2.75) is 43.8 Å². The van der Waals surface area contributed by atoms with Crippen LogP contribution in [0.15, 0.2) is 79.1 Å². The van der Waals surface area contributed by atoms with Crippen molar-refractivity contribution in [1.82, 2.24) is 30.6 Å². The minimum absolute atomic E-state index is 0.146. The van der Waals surface area contributed by atoms with Crippen molar-refractivity contribution >= 4 is 17.7 Å². The third kappa shape index (κ3) is 4.82. The van der Waals surface area contributed by atoms with Gasteiger partial charge in [0.25, 0.3) is 0 Å². The molecular formula is C37H35N7O3. The smallest absolute Gasteiger partial charge is 0.407 e. The summed E-state index contributed by atoms with van der Waals surface area (Å²) in [7, 11) is 1.31. The largest absolute Gasteiger partial charge is 0.453 e. The summed E-state index contributed by atoms with van der Waals surface area (Å²) in [5, 5.41) is 6.33. The minimum atomic E-state index is -0.670. The lowest BCUT2D eigenvalue weighted by Crippen LogP contribution is -2.48. The molecule has 1 aliphatic carbocycles. The predicted octanol–water partition coefficient (Wildman–Crippen LogP) is 5.72. The Morgan fingerprint density at radius 1 is 0.872 bits per heavy atom. The van der Waals surface area contributed by atoms with E-state index in [-0.39, 0.29) is 11.9 Å². The zero-order valence-corrected chi connectivity index (χ0v) is 26.0. The number of aryl methyl sites for hydroxylation is 1. The van der Waals surface area contributed by atoms with Crippen LogP contribution >= 0.6 is 0 Å². The summed E-state index contributed by atoms with van der Waals surface area (Å²) in [6, 6.07) is 22.6. The maximum absolute atomic E-state index is 13.8. The Balaban J connectivity index is 0.926. The highest BCUT2D eigenvalue weighted by Gasteiger charge is 2.49. The number of hydrogen-bond donors (Lipinski definition) is 4. The molecule has 3 aromatic carbocycles. The molecule has 47 heavy (non-hydrogen) atoms. The number of hydrogen-bond acceptors (Lipinski definition) is 6. The number of piperidine rings is 1. The van der Waals surface area contributed by atoms with Crippen molar-refractivity contribution in [2.75, 3.05) is 18.6 Å². The highest BCUT2D eigenvalue weighted by molar-refractivity contribution is 6.02. The molecular weight excluding hydrogens is 590 g/mol. The number of carbonyl (C=O) groups is 2. The molecule has 4 N–H and O–H groups in total. The highest BCUT2D eigenvalue weighted by Crippen LogP contribution is 2.51. The van der Waals surface area contributed by atoms with E-state index in [0.717, 1.165) is 80.5 Å². The van der Waals surface area contributed by atoms with Gasteiger partial charge in [-0.3, -0.25) is 9.69 Å². The lowest BCUT2D eigenvalue weighted by Gasteiger charge is -2.27. The van der Waals surface area contributed by atoms with Crippen molar-refractivity contribution in [2.24, 2.45) is 11.8 Å². The number of ether oxygens (including phenoxy) is 1. The summed E-state index contributed by atoms with van der Waals surface area (Å²) in [4.78, 5) is 44.2. The van der Waals surface area contributed by atoms with Crippen LogP contribution in [-0.4, -0.2) is 51.6 Å². The molecule has 2 unspecified atom stereocenters. The number of aromatic amines is 2. The molecule has 4 aliphatic rings. The molecule has 10 nitrogen and oxygen atoms in total. The number of nitrogens with one attached hydrogen (secondary N) is 4. The number of aromatic nitrogens is 4. The Hall–Kier alpha value is -5.22. The first kappa shape index (κ1) is 28.0. The molecule has 5 atom stereocenters. The quantitative estimate of drug-likeness (QED) is 0.191. The van der Waals surface area contributed by atoms with E-state index in [0.29, 0.717) is 25.3 Å². The summed E-state index contributed by atoms with van der Waals surface area (Å²) in [6.45, 7) is 1.11. The SMILES string of the molecule is COC(=O)N[C@H]1CCc2cccc3c2N(C1=O)[C@H](c1ncc(-c2ccc(-c4ccc(-c5cnc([C@H]6NCC7CC76)[nH]5)cc4)cc2)[nH]1)C3. The number of anilines is 1. The van der Waals surface area contributed by atoms with Gasteiger partial charge in [0.2, 0.25) is 5.91 Å². The third-order valence-corrected chi connectivity index (χ3v) is 10.4. The van der Waals surface area contributed by atoms with E-state index in [2.05, 4.69) is 86.2 Å². The molecule has 0 bridgehead atoms. The van der Waals surface area contributed by atoms with Crippen LogP contribution in [0.3, 0.4) is 0 Å². The Bertz CT molecular complexity index is 2000. The number of amides is 2. The van der Waals surface area contributed by atoms with Gasteiger partial charge in [0.05, 0.1) is 48.7 Å². The Kier molecular flexibility index (Phi) is 6.53. The fraction of sp³-hybridized carbons (Fsp3) is 0.297. The van der Waals surface area contributed by atoms with Gasteiger partial charge in [0, 0.05) is 6.42 Å². The van der Waals surface area contributed by atoms with Crippen molar-refractivity contribution in [3.63, 3.8) is 0 Å². The van der Waals surface area contributed by atoms with E-state index < -0.39 is 12.1 Å². The summed E-state index contributed by atoms with van der Waals surface area (Å²) < 4.78 is 4.80. The van der Waals surface area contributed by atoms with Crippen LogP contribution in [0.5, 0.6) is 0 Å². The lowest BCUT2D eigenvalue weighted by atomic mass is 10.0. The number of imidazole rings is 2. The second-order valence-electron chi connectivity index (χ2n) is 13.1. The highest BCUT2D eigenvalue weighted by atomic mass is 16.5. The molecule has 1 saturated carbocycles. The summed E-state index contributed by atoms with van der Waals surface area (Å²) >= 11 is 0. The van der Waals surface area contributed by atoms with Crippen LogP contribution in [0.25, 0.3) is 33.6 Å². The molecule has 2 aromatic heterocycles. The number of nitrogens with zero attached hydrogens (tertiary/aromatic N) is 3. The average Bonchev–Trinajstić information content (AvgIpc) is 3.56. The summed E-state index contributed by atoms with van der Waals surface area (Å²) in [6.07, 6.45) is 6.33. The van der Waals surface area contributed by atoms with E-state index in [9.17, 15) is 9.59 Å². The van der Waals surface area contributed by atoms with Gasteiger partial charge in [-0.2, -0.15) is 0 Å². The molecule has 1 saturated heterocycles. The number of carbonyl (C=O) groups excluding carboxylic acids is 2. The first-order valence-corrected chi connectivity index (χ1v) is 16.4. The van der Waals surface area contributed by atoms with E-state index in [1.807, 2.05) is 23.4 Å².